The summed E-state index contributed by atoms with van der Waals surface area (Å²) >= 11 is 0. The molecule has 2 atom stereocenters. The van der Waals surface area contributed by atoms with Crippen molar-refractivity contribution in [1.29, 1.82) is 0 Å². The number of ether oxygens (including phenoxy) is 4. The van der Waals surface area contributed by atoms with Crippen molar-refractivity contribution >= 4 is 6.08 Å². The van der Waals surface area contributed by atoms with Crippen LogP contribution >= 0.6 is 0 Å². The Kier molecular flexibility index (Phi) is 8.25. The number of benzene rings is 1. The second-order valence-electron chi connectivity index (χ2n) is 6.39. The van der Waals surface area contributed by atoms with Crippen molar-refractivity contribution in [2.45, 2.75) is 33.0 Å². The first-order valence-corrected chi connectivity index (χ1v) is 9.01. The summed E-state index contributed by atoms with van der Waals surface area (Å²) in [7, 11) is 1.66. The normalized spacial score (nSPS) is 21.6. The summed E-state index contributed by atoms with van der Waals surface area (Å²) in [5, 5.41) is 0. The van der Waals surface area contributed by atoms with E-state index in [-0.39, 0.29) is 0 Å². The molecule has 0 bridgehead atoms. The molecule has 0 aliphatic carbocycles. The predicted molar refractivity (Wildman–Crippen MR) is 100 cm³/mol. The Morgan fingerprint density at radius 2 is 1.88 bits per heavy atom. The van der Waals surface area contributed by atoms with Gasteiger partial charge in [-0.1, -0.05) is 18.2 Å². The Labute approximate surface area is 151 Å². The maximum atomic E-state index is 5.78. The van der Waals surface area contributed by atoms with Gasteiger partial charge in [0.05, 0.1) is 32.5 Å². The Morgan fingerprint density at radius 3 is 2.56 bits per heavy atom. The highest BCUT2D eigenvalue weighted by molar-refractivity contribution is 5.55. The summed E-state index contributed by atoms with van der Waals surface area (Å²) < 4.78 is 22.6. The van der Waals surface area contributed by atoms with E-state index in [1.165, 1.54) is 0 Å². The van der Waals surface area contributed by atoms with Crippen molar-refractivity contribution in [3.63, 3.8) is 0 Å². The molecule has 1 aromatic rings. The number of rotatable bonds is 9. The fraction of sp³-hybridized carbons (Fsp3) is 0.600. The van der Waals surface area contributed by atoms with Crippen LogP contribution in [0, 0.1) is 0 Å². The second-order valence-corrected chi connectivity index (χ2v) is 6.39. The van der Waals surface area contributed by atoms with Crippen molar-refractivity contribution < 1.29 is 18.9 Å². The maximum absolute atomic E-state index is 5.78. The van der Waals surface area contributed by atoms with E-state index in [0.29, 0.717) is 32.0 Å². The molecule has 1 saturated heterocycles. The van der Waals surface area contributed by atoms with Crippen LogP contribution in [-0.4, -0.2) is 63.7 Å². The molecule has 1 heterocycles. The van der Waals surface area contributed by atoms with Gasteiger partial charge in [0.25, 0.3) is 0 Å². The van der Waals surface area contributed by atoms with E-state index in [4.69, 9.17) is 18.9 Å². The summed E-state index contributed by atoms with van der Waals surface area (Å²) in [4.78, 5) is 2.39. The zero-order valence-electron chi connectivity index (χ0n) is 15.9. The van der Waals surface area contributed by atoms with Crippen LogP contribution in [0.5, 0.6) is 11.5 Å². The first kappa shape index (κ1) is 19.8. The van der Waals surface area contributed by atoms with Crippen LogP contribution in [-0.2, 0) is 9.47 Å². The SMILES string of the molecule is CC=Cc1ccc(OCCOCCN2CC(C)OC(C)C2)c(OC)c1. The lowest BCUT2D eigenvalue weighted by molar-refractivity contribution is -0.0734. The molecular formula is C20H31NO4. The van der Waals surface area contributed by atoms with Crippen molar-refractivity contribution in [2.24, 2.45) is 0 Å². The van der Waals surface area contributed by atoms with Crippen molar-refractivity contribution in [2.75, 3.05) is 46.6 Å². The Balaban J connectivity index is 1.66. The van der Waals surface area contributed by atoms with E-state index in [1.807, 2.05) is 37.3 Å². The van der Waals surface area contributed by atoms with Gasteiger partial charge in [0.15, 0.2) is 11.5 Å². The number of morpholine rings is 1. The molecule has 140 valence electrons. The first-order valence-electron chi connectivity index (χ1n) is 9.01. The smallest absolute Gasteiger partial charge is 0.161 e. The number of methoxy groups -OCH3 is 1. The van der Waals surface area contributed by atoms with E-state index in [2.05, 4.69) is 18.7 Å². The summed E-state index contributed by atoms with van der Waals surface area (Å²) in [6.45, 7) is 10.9. The van der Waals surface area contributed by atoms with E-state index in [9.17, 15) is 0 Å². The lowest BCUT2D eigenvalue weighted by atomic mass is 10.2. The topological polar surface area (TPSA) is 40.2 Å². The van der Waals surface area contributed by atoms with Crippen molar-refractivity contribution in [3.8, 4) is 11.5 Å². The van der Waals surface area contributed by atoms with Crippen LogP contribution in [0.4, 0.5) is 0 Å². The number of nitrogens with zero attached hydrogens (tertiary/aromatic N) is 1. The van der Waals surface area contributed by atoms with Gasteiger partial charge < -0.3 is 18.9 Å². The predicted octanol–water partition coefficient (Wildman–Crippen LogP) is 3.23. The summed E-state index contributed by atoms with van der Waals surface area (Å²) in [5.41, 5.74) is 1.09. The van der Waals surface area contributed by atoms with Crippen LogP contribution in [0.1, 0.15) is 26.3 Å². The van der Waals surface area contributed by atoms with E-state index < -0.39 is 0 Å². The molecule has 25 heavy (non-hydrogen) atoms. The van der Waals surface area contributed by atoms with Crippen molar-refractivity contribution in [3.05, 3.63) is 29.8 Å². The van der Waals surface area contributed by atoms with Crippen LogP contribution in [0.3, 0.4) is 0 Å². The third-order valence-electron chi connectivity index (χ3n) is 4.08. The lowest BCUT2D eigenvalue weighted by Gasteiger charge is -2.35. The molecule has 0 saturated carbocycles. The van der Waals surface area contributed by atoms with Gasteiger partial charge in [0, 0.05) is 19.6 Å². The molecule has 0 spiro atoms. The number of allylic oxidation sites excluding steroid dienone is 1. The fourth-order valence-electron chi connectivity index (χ4n) is 3.07. The highest BCUT2D eigenvalue weighted by Gasteiger charge is 2.21. The van der Waals surface area contributed by atoms with Gasteiger partial charge >= 0.3 is 0 Å². The minimum absolute atomic E-state index is 0.296. The fourth-order valence-corrected chi connectivity index (χ4v) is 3.07. The van der Waals surface area contributed by atoms with Crippen LogP contribution in [0.25, 0.3) is 6.08 Å². The molecule has 1 aromatic carbocycles. The Morgan fingerprint density at radius 1 is 1.12 bits per heavy atom. The minimum Gasteiger partial charge on any atom is -0.493 e. The van der Waals surface area contributed by atoms with Gasteiger partial charge in [-0.2, -0.15) is 0 Å². The highest BCUT2D eigenvalue weighted by atomic mass is 16.5. The average molecular weight is 349 g/mol. The van der Waals surface area contributed by atoms with E-state index in [1.54, 1.807) is 7.11 Å². The maximum Gasteiger partial charge on any atom is 0.161 e. The lowest BCUT2D eigenvalue weighted by Crippen LogP contribution is -2.46. The van der Waals surface area contributed by atoms with Crippen LogP contribution in [0.15, 0.2) is 24.3 Å². The van der Waals surface area contributed by atoms with Crippen LogP contribution < -0.4 is 9.47 Å². The van der Waals surface area contributed by atoms with Crippen LogP contribution in [0.2, 0.25) is 0 Å². The third kappa shape index (κ3) is 6.69. The molecule has 1 fully saturated rings. The summed E-state index contributed by atoms with van der Waals surface area (Å²) in [6.07, 6.45) is 4.62. The number of hydrogen-bond acceptors (Lipinski definition) is 5. The summed E-state index contributed by atoms with van der Waals surface area (Å²) in [5.74, 6) is 1.49. The largest absolute Gasteiger partial charge is 0.493 e. The quantitative estimate of drug-likeness (QED) is 0.640. The average Bonchev–Trinajstić information content (AvgIpc) is 2.58. The van der Waals surface area contributed by atoms with Gasteiger partial charge in [-0.25, -0.2) is 0 Å². The molecule has 5 heteroatoms. The molecule has 0 N–H and O–H groups in total. The molecular weight excluding hydrogens is 318 g/mol. The van der Waals surface area contributed by atoms with E-state index in [0.717, 1.165) is 36.7 Å². The van der Waals surface area contributed by atoms with Gasteiger partial charge in [-0.05, 0) is 38.5 Å². The van der Waals surface area contributed by atoms with Gasteiger partial charge in [0.1, 0.15) is 6.61 Å². The molecule has 1 aliphatic rings. The monoisotopic (exact) mass is 349 g/mol. The van der Waals surface area contributed by atoms with Gasteiger partial charge in [-0.3, -0.25) is 4.90 Å². The minimum atomic E-state index is 0.296. The molecule has 5 nitrogen and oxygen atoms in total. The zero-order valence-corrected chi connectivity index (χ0v) is 15.9. The van der Waals surface area contributed by atoms with E-state index >= 15 is 0 Å². The molecule has 2 rings (SSSR count). The molecule has 1 aliphatic heterocycles. The first-order chi connectivity index (χ1) is 12.1. The Bertz CT molecular complexity index is 536. The molecule has 2 unspecified atom stereocenters. The Hall–Kier alpha value is -1.56. The third-order valence-corrected chi connectivity index (χ3v) is 4.08. The number of hydrogen-bond donors (Lipinski definition) is 0. The van der Waals surface area contributed by atoms with Gasteiger partial charge in [0.2, 0.25) is 0 Å². The van der Waals surface area contributed by atoms with Crippen molar-refractivity contribution in [1.82, 2.24) is 4.90 Å². The highest BCUT2D eigenvalue weighted by Crippen LogP contribution is 2.28. The second kappa shape index (κ2) is 10.4. The molecule has 0 aromatic heterocycles. The standard InChI is InChI=1S/C20H31NO4/c1-5-6-18-7-8-19(20(13-18)22-4)24-12-11-23-10-9-21-14-16(2)25-17(3)15-21/h5-8,13,16-17H,9-12,14-15H2,1-4H3. The zero-order chi connectivity index (χ0) is 18.1. The van der Waals surface area contributed by atoms with Gasteiger partial charge in [-0.15, -0.1) is 0 Å². The molecule has 0 amide bonds. The summed E-state index contributed by atoms with van der Waals surface area (Å²) in [6, 6.07) is 5.92. The molecule has 0 radical (unpaired) electrons.